The number of thiazole rings is 1. The maximum Gasteiger partial charge on any atom is 0.287 e. The van der Waals surface area contributed by atoms with Crippen LogP contribution in [0.1, 0.15) is 24.5 Å². The van der Waals surface area contributed by atoms with Crippen LogP contribution in [-0.4, -0.2) is 14.8 Å². The van der Waals surface area contributed by atoms with Gasteiger partial charge < -0.3 is 5.32 Å². The summed E-state index contributed by atoms with van der Waals surface area (Å²) in [4.78, 5) is 16.4. The molecule has 0 saturated heterocycles. The van der Waals surface area contributed by atoms with Gasteiger partial charge >= 0.3 is 0 Å². The Balaban J connectivity index is 2.13. The van der Waals surface area contributed by atoms with E-state index in [9.17, 15) is 4.79 Å². The molecular formula is C13H17ClN4OS. The fourth-order valence-corrected chi connectivity index (χ4v) is 2.64. The van der Waals surface area contributed by atoms with Gasteiger partial charge in [-0.25, -0.2) is 9.67 Å². The largest absolute Gasteiger partial charge is 0.376 e. The van der Waals surface area contributed by atoms with Crippen LogP contribution in [-0.2, 0) is 13.1 Å². The van der Waals surface area contributed by atoms with E-state index >= 15 is 0 Å². The molecule has 0 spiro atoms. The van der Waals surface area contributed by atoms with Gasteiger partial charge in [-0.15, -0.1) is 11.3 Å². The Bertz CT molecular complexity index is 650. The zero-order valence-corrected chi connectivity index (χ0v) is 13.3. The van der Waals surface area contributed by atoms with Crippen molar-refractivity contribution in [3.63, 3.8) is 0 Å². The summed E-state index contributed by atoms with van der Waals surface area (Å²) in [5, 5.41) is 10.3. The summed E-state index contributed by atoms with van der Waals surface area (Å²) in [6, 6.07) is 0. The van der Waals surface area contributed by atoms with Crippen LogP contribution in [0.3, 0.4) is 0 Å². The maximum atomic E-state index is 12.1. The molecule has 1 N–H and O–H groups in total. The Labute approximate surface area is 126 Å². The Hall–Kier alpha value is -1.40. The lowest BCUT2D eigenvalue weighted by Gasteiger charge is -2.10. The van der Waals surface area contributed by atoms with Gasteiger partial charge in [0.05, 0.1) is 18.4 Å². The number of hydrogen-bond donors (Lipinski definition) is 1. The Morgan fingerprint density at radius 1 is 1.50 bits per heavy atom. The van der Waals surface area contributed by atoms with Crippen molar-refractivity contribution in [2.24, 2.45) is 5.92 Å². The fourth-order valence-electron chi connectivity index (χ4n) is 1.72. The molecule has 2 aromatic rings. The molecule has 0 saturated carbocycles. The third-order valence-corrected chi connectivity index (χ3v) is 3.95. The predicted molar refractivity (Wildman–Crippen MR) is 82.5 cm³/mol. The van der Waals surface area contributed by atoms with Crippen molar-refractivity contribution in [2.75, 3.05) is 5.32 Å². The van der Waals surface area contributed by atoms with Gasteiger partial charge in [-0.2, -0.15) is 5.10 Å². The molecule has 108 valence electrons. The normalized spacial score (nSPS) is 11.1. The van der Waals surface area contributed by atoms with Gasteiger partial charge in [-0.05, 0) is 12.8 Å². The van der Waals surface area contributed by atoms with Crippen molar-refractivity contribution in [1.82, 2.24) is 14.8 Å². The summed E-state index contributed by atoms with van der Waals surface area (Å²) in [5.74, 6) is 0.341. The SMILES string of the molecule is Cc1csc(CNc2cnn(CC(C)C)c(=O)c2Cl)n1. The van der Waals surface area contributed by atoms with Crippen LogP contribution in [0.25, 0.3) is 0 Å². The molecular weight excluding hydrogens is 296 g/mol. The molecule has 2 aromatic heterocycles. The lowest BCUT2D eigenvalue weighted by Crippen LogP contribution is -2.26. The van der Waals surface area contributed by atoms with E-state index in [0.717, 1.165) is 10.7 Å². The first-order valence-corrected chi connectivity index (χ1v) is 7.63. The molecule has 5 nitrogen and oxygen atoms in total. The summed E-state index contributed by atoms with van der Waals surface area (Å²) in [6.07, 6.45) is 1.59. The minimum atomic E-state index is -0.263. The molecule has 0 aromatic carbocycles. The van der Waals surface area contributed by atoms with Gasteiger partial charge in [-0.3, -0.25) is 4.79 Å². The number of hydrogen-bond acceptors (Lipinski definition) is 5. The van der Waals surface area contributed by atoms with E-state index in [-0.39, 0.29) is 10.6 Å². The van der Waals surface area contributed by atoms with Gasteiger partial charge in [-0.1, -0.05) is 25.4 Å². The van der Waals surface area contributed by atoms with Crippen LogP contribution >= 0.6 is 22.9 Å². The summed E-state index contributed by atoms with van der Waals surface area (Å²) in [5.41, 5.74) is 1.27. The van der Waals surface area contributed by atoms with Gasteiger partial charge in [0.2, 0.25) is 0 Å². The molecule has 0 radical (unpaired) electrons. The first-order chi connectivity index (χ1) is 9.47. The number of aryl methyl sites for hydroxylation is 1. The van der Waals surface area contributed by atoms with E-state index in [1.165, 1.54) is 4.68 Å². The zero-order chi connectivity index (χ0) is 14.7. The fraction of sp³-hybridized carbons (Fsp3) is 0.462. The maximum absolute atomic E-state index is 12.1. The van der Waals surface area contributed by atoms with Gasteiger partial charge in [0.15, 0.2) is 0 Å². The Morgan fingerprint density at radius 3 is 2.85 bits per heavy atom. The number of anilines is 1. The van der Waals surface area contributed by atoms with E-state index in [0.29, 0.717) is 24.7 Å². The van der Waals surface area contributed by atoms with Crippen molar-refractivity contribution in [1.29, 1.82) is 0 Å². The number of halogens is 1. The van der Waals surface area contributed by atoms with Gasteiger partial charge in [0, 0.05) is 17.6 Å². The lowest BCUT2D eigenvalue weighted by molar-refractivity contribution is 0.464. The standard InChI is InChI=1S/C13H17ClN4OS/c1-8(2)6-18-13(19)12(14)10(4-16-18)15-5-11-17-9(3)7-20-11/h4,7-8,15H,5-6H2,1-3H3. The Morgan fingerprint density at radius 2 is 2.25 bits per heavy atom. The number of nitrogens with zero attached hydrogens (tertiary/aromatic N) is 3. The molecule has 0 unspecified atom stereocenters. The molecule has 0 amide bonds. The van der Waals surface area contributed by atoms with Crippen LogP contribution in [0.15, 0.2) is 16.4 Å². The monoisotopic (exact) mass is 312 g/mol. The van der Waals surface area contributed by atoms with Crippen LogP contribution < -0.4 is 10.9 Å². The molecule has 0 fully saturated rings. The first kappa shape index (κ1) is 15.0. The molecule has 0 aliphatic carbocycles. The summed E-state index contributed by atoms with van der Waals surface area (Å²) < 4.78 is 1.39. The Kier molecular flexibility index (Phi) is 4.77. The first-order valence-electron chi connectivity index (χ1n) is 6.38. The van der Waals surface area contributed by atoms with Crippen LogP contribution in [0.5, 0.6) is 0 Å². The minimum absolute atomic E-state index is 0.175. The highest BCUT2D eigenvalue weighted by molar-refractivity contribution is 7.09. The molecule has 20 heavy (non-hydrogen) atoms. The quantitative estimate of drug-likeness (QED) is 0.922. The minimum Gasteiger partial charge on any atom is -0.376 e. The highest BCUT2D eigenvalue weighted by atomic mass is 35.5. The van der Waals surface area contributed by atoms with Crippen molar-refractivity contribution in [2.45, 2.75) is 33.9 Å². The van der Waals surface area contributed by atoms with Gasteiger partial charge in [0.1, 0.15) is 10.0 Å². The lowest BCUT2D eigenvalue weighted by atomic mass is 10.2. The van der Waals surface area contributed by atoms with Crippen molar-refractivity contribution >= 4 is 28.6 Å². The molecule has 7 heteroatoms. The van der Waals surface area contributed by atoms with Crippen LogP contribution in [0.4, 0.5) is 5.69 Å². The molecule has 2 heterocycles. The van der Waals surface area contributed by atoms with Crippen LogP contribution in [0.2, 0.25) is 5.02 Å². The number of rotatable bonds is 5. The second-order valence-electron chi connectivity index (χ2n) is 4.99. The molecule has 0 atom stereocenters. The number of aromatic nitrogens is 3. The second kappa shape index (κ2) is 6.37. The molecule has 0 aliphatic rings. The predicted octanol–water partition coefficient (Wildman–Crippen LogP) is 2.93. The van der Waals surface area contributed by atoms with E-state index in [4.69, 9.17) is 11.6 Å². The molecule has 0 bridgehead atoms. The zero-order valence-electron chi connectivity index (χ0n) is 11.7. The average Bonchev–Trinajstić information content (AvgIpc) is 2.79. The van der Waals surface area contributed by atoms with Crippen molar-refractivity contribution in [3.05, 3.63) is 37.7 Å². The smallest absolute Gasteiger partial charge is 0.287 e. The third kappa shape index (κ3) is 3.58. The topological polar surface area (TPSA) is 59.8 Å². The third-order valence-electron chi connectivity index (χ3n) is 2.62. The van der Waals surface area contributed by atoms with Crippen molar-refractivity contribution < 1.29 is 0 Å². The summed E-state index contributed by atoms with van der Waals surface area (Å²) in [6.45, 7) is 7.09. The van der Waals surface area contributed by atoms with E-state index in [1.54, 1.807) is 17.5 Å². The van der Waals surface area contributed by atoms with Crippen LogP contribution in [0, 0.1) is 12.8 Å². The van der Waals surface area contributed by atoms with E-state index in [2.05, 4.69) is 15.4 Å². The summed E-state index contributed by atoms with van der Waals surface area (Å²) in [7, 11) is 0. The second-order valence-corrected chi connectivity index (χ2v) is 6.31. The molecule has 0 aliphatic heterocycles. The highest BCUT2D eigenvalue weighted by Crippen LogP contribution is 2.17. The number of nitrogens with one attached hydrogen (secondary N) is 1. The van der Waals surface area contributed by atoms with Crippen molar-refractivity contribution in [3.8, 4) is 0 Å². The highest BCUT2D eigenvalue weighted by Gasteiger charge is 2.10. The van der Waals surface area contributed by atoms with E-state index < -0.39 is 0 Å². The average molecular weight is 313 g/mol. The van der Waals surface area contributed by atoms with Gasteiger partial charge in [0.25, 0.3) is 5.56 Å². The molecule has 2 rings (SSSR count). The van der Waals surface area contributed by atoms with E-state index in [1.807, 2.05) is 26.2 Å². The summed E-state index contributed by atoms with van der Waals surface area (Å²) >= 11 is 7.67.